The predicted octanol–water partition coefficient (Wildman–Crippen LogP) is 5.13. The fourth-order valence-electron chi connectivity index (χ4n) is 4.15. The van der Waals surface area contributed by atoms with Crippen molar-refractivity contribution in [2.75, 3.05) is 11.4 Å². The van der Waals surface area contributed by atoms with Crippen LogP contribution >= 0.6 is 0 Å². The van der Waals surface area contributed by atoms with Crippen LogP contribution in [0.25, 0.3) is 0 Å². The van der Waals surface area contributed by atoms with Gasteiger partial charge >= 0.3 is 0 Å². The van der Waals surface area contributed by atoms with Crippen LogP contribution in [0.2, 0.25) is 0 Å². The van der Waals surface area contributed by atoms with Gasteiger partial charge < -0.3 is 10.0 Å². The number of hydrogen-bond donors (Lipinski definition) is 1. The molecule has 3 nitrogen and oxygen atoms in total. The lowest BCUT2D eigenvalue weighted by Crippen LogP contribution is -2.32. The van der Waals surface area contributed by atoms with Crippen LogP contribution in [0.3, 0.4) is 0 Å². The molecule has 3 aromatic rings. The van der Waals surface area contributed by atoms with Crippen LogP contribution in [-0.2, 0) is 12.8 Å². The molecule has 1 aliphatic rings. The number of fused-ring (bicyclic) bond motifs is 1. The highest BCUT2D eigenvalue weighted by Gasteiger charge is 2.25. The van der Waals surface area contributed by atoms with Crippen molar-refractivity contribution in [1.29, 1.82) is 0 Å². The molecule has 0 spiro atoms. The van der Waals surface area contributed by atoms with Crippen LogP contribution in [-0.4, -0.2) is 17.6 Å². The van der Waals surface area contributed by atoms with Crippen LogP contribution in [0.15, 0.2) is 66.7 Å². The molecule has 28 heavy (non-hydrogen) atoms. The number of rotatable bonds is 4. The van der Waals surface area contributed by atoms with Gasteiger partial charge in [0.15, 0.2) is 0 Å². The van der Waals surface area contributed by atoms with Crippen LogP contribution in [0.5, 0.6) is 5.75 Å². The summed E-state index contributed by atoms with van der Waals surface area (Å²) in [6.07, 6.45) is 3.11. The van der Waals surface area contributed by atoms with Crippen molar-refractivity contribution in [1.82, 2.24) is 0 Å². The second kappa shape index (κ2) is 7.89. The second-order valence-corrected chi connectivity index (χ2v) is 7.29. The summed E-state index contributed by atoms with van der Waals surface area (Å²) in [5, 5.41) is 9.52. The highest BCUT2D eigenvalue weighted by molar-refractivity contribution is 6.06. The summed E-state index contributed by atoms with van der Waals surface area (Å²) in [6, 6.07) is 24.2. The van der Waals surface area contributed by atoms with Crippen LogP contribution in [0, 0.1) is 6.07 Å². The summed E-state index contributed by atoms with van der Waals surface area (Å²) in [4.78, 5) is 15.0. The first kappa shape index (κ1) is 18.3. The van der Waals surface area contributed by atoms with E-state index in [9.17, 15) is 9.90 Å². The number of phenols is 1. The van der Waals surface area contributed by atoms with E-state index >= 15 is 0 Å². The Bertz CT molecular complexity index is 978. The Morgan fingerprint density at radius 3 is 2.68 bits per heavy atom. The van der Waals surface area contributed by atoms with Gasteiger partial charge in [-0.25, -0.2) is 0 Å². The molecule has 0 saturated carbocycles. The van der Waals surface area contributed by atoms with Gasteiger partial charge in [0, 0.05) is 17.8 Å². The first-order valence-electron chi connectivity index (χ1n) is 9.85. The highest BCUT2D eigenvalue weighted by Crippen LogP contribution is 2.37. The minimum Gasteiger partial charge on any atom is -0.508 e. The van der Waals surface area contributed by atoms with Gasteiger partial charge in [-0.1, -0.05) is 36.4 Å². The maximum atomic E-state index is 13.2. The molecule has 0 fully saturated rings. The third-order valence-corrected chi connectivity index (χ3v) is 5.62. The van der Waals surface area contributed by atoms with Crippen molar-refractivity contribution in [3.05, 3.63) is 95.1 Å². The molecule has 3 heteroatoms. The van der Waals surface area contributed by atoms with Gasteiger partial charge in [0.05, 0.1) is 0 Å². The van der Waals surface area contributed by atoms with E-state index < -0.39 is 0 Å². The van der Waals surface area contributed by atoms with E-state index in [1.165, 1.54) is 16.7 Å². The Kier molecular flexibility index (Phi) is 5.16. The number of aromatic hydroxyl groups is 1. The number of anilines is 1. The number of amides is 1. The van der Waals surface area contributed by atoms with E-state index in [1.807, 2.05) is 30.0 Å². The summed E-state index contributed by atoms with van der Waals surface area (Å²) in [5.74, 6) is 0.520. The molecule has 1 aliphatic carbocycles. The van der Waals surface area contributed by atoms with Gasteiger partial charge in [-0.15, -0.1) is 0 Å². The molecule has 1 amide bonds. The highest BCUT2D eigenvalue weighted by atomic mass is 16.3. The van der Waals surface area contributed by atoms with Gasteiger partial charge in [-0.05, 0) is 85.2 Å². The predicted molar refractivity (Wildman–Crippen MR) is 112 cm³/mol. The molecule has 0 heterocycles. The van der Waals surface area contributed by atoms with Gasteiger partial charge in [0.25, 0.3) is 5.91 Å². The first-order chi connectivity index (χ1) is 13.7. The zero-order valence-electron chi connectivity index (χ0n) is 16.1. The average Bonchev–Trinajstić information content (AvgIpc) is 2.75. The van der Waals surface area contributed by atoms with Crippen LogP contribution < -0.4 is 4.90 Å². The third-order valence-electron chi connectivity index (χ3n) is 5.62. The minimum atomic E-state index is -0.0410. The quantitative estimate of drug-likeness (QED) is 0.691. The Balaban J connectivity index is 1.67. The van der Waals surface area contributed by atoms with E-state index in [0.717, 1.165) is 24.9 Å². The Morgan fingerprint density at radius 2 is 1.89 bits per heavy atom. The van der Waals surface area contributed by atoms with Gasteiger partial charge in [0.1, 0.15) is 5.75 Å². The summed E-state index contributed by atoms with van der Waals surface area (Å²) < 4.78 is 0. The van der Waals surface area contributed by atoms with E-state index in [2.05, 4.69) is 30.3 Å². The molecule has 1 radical (unpaired) electrons. The normalized spacial score (nSPS) is 15.7. The van der Waals surface area contributed by atoms with Gasteiger partial charge in [-0.3, -0.25) is 4.79 Å². The third kappa shape index (κ3) is 3.53. The number of phenolic OH excluding ortho intramolecular Hbond substituents is 1. The fourth-order valence-corrected chi connectivity index (χ4v) is 4.15. The molecular formula is C25H24NO2. The van der Waals surface area contributed by atoms with Crippen molar-refractivity contribution < 1.29 is 9.90 Å². The lowest BCUT2D eigenvalue weighted by atomic mass is 9.79. The number of carbonyl (C=O) groups is 1. The molecule has 4 rings (SSSR count). The number of benzene rings is 3. The van der Waals surface area contributed by atoms with E-state index in [1.54, 1.807) is 24.3 Å². The minimum absolute atomic E-state index is 0.0410. The molecule has 0 aromatic heterocycles. The summed E-state index contributed by atoms with van der Waals surface area (Å²) in [5.41, 5.74) is 5.58. The summed E-state index contributed by atoms with van der Waals surface area (Å²) in [7, 11) is 0. The Labute approximate surface area is 166 Å². The summed E-state index contributed by atoms with van der Waals surface area (Å²) in [6.45, 7) is 2.59. The molecule has 0 bridgehead atoms. The topological polar surface area (TPSA) is 40.5 Å². The van der Waals surface area contributed by atoms with E-state index in [-0.39, 0.29) is 11.7 Å². The number of para-hydroxylation sites is 1. The fraction of sp³-hybridized carbons (Fsp3) is 0.240. The number of hydrogen-bond acceptors (Lipinski definition) is 2. The number of nitrogens with zero attached hydrogens (tertiary/aromatic N) is 1. The van der Waals surface area contributed by atoms with Crippen molar-refractivity contribution in [3.63, 3.8) is 0 Å². The van der Waals surface area contributed by atoms with Gasteiger partial charge in [-0.2, -0.15) is 0 Å². The summed E-state index contributed by atoms with van der Waals surface area (Å²) >= 11 is 0. The zero-order valence-corrected chi connectivity index (χ0v) is 16.1. The van der Waals surface area contributed by atoms with Crippen molar-refractivity contribution >= 4 is 11.6 Å². The maximum Gasteiger partial charge on any atom is 0.258 e. The standard InChI is InChI=1S/C25H24NO2/c1-2-26(25(28)19-13-15-22(27)16-14-19)24-10-6-5-9-23(24)21-12-11-18-7-3-4-8-20(18)17-21/h4-10,13-16,21,27H,2,11-12,17H2,1H3/t21-/m1/s1. The van der Waals surface area contributed by atoms with Crippen molar-refractivity contribution in [3.8, 4) is 5.75 Å². The van der Waals surface area contributed by atoms with Crippen molar-refractivity contribution in [2.24, 2.45) is 0 Å². The lowest BCUT2D eigenvalue weighted by molar-refractivity contribution is 0.0988. The van der Waals surface area contributed by atoms with E-state index in [0.29, 0.717) is 18.0 Å². The monoisotopic (exact) mass is 370 g/mol. The molecule has 0 saturated heterocycles. The maximum absolute atomic E-state index is 13.2. The molecule has 1 N–H and O–H groups in total. The smallest absolute Gasteiger partial charge is 0.258 e. The molecule has 141 valence electrons. The van der Waals surface area contributed by atoms with Crippen LogP contribution in [0.1, 0.15) is 46.3 Å². The lowest BCUT2D eigenvalue weighted by Gasteiger charge is -2.30. The number of aryl methyl sites for hydroxylation is 1. The second-order valence-electron chi connectivity index (χ2n) is 7.29. The van der Waals surface area contributed by atoms with Crippen molar-refractivity contribution in [2.45, 2.75) is 32.1 Å². The average molecular weight is 370 g/mol. The van der Waals surface area contributed by atoms with Gasteiger partial charge in [0.2, 0.25) is 0 Å². The zero-order chi connectivity index (χ0) is 19.5. The largest absolute Gasteiger partial charge is 0.508 e. The molecule has 0 unspecified atom stereocenters. The molecule has 3 aromatic carbocycles. The molecule has 0 aliphatic heterocycles. The Morgan fingerprint density at radius 1 is 1.11 bits per heavy atom. The Hall–Kier alpha value is -3.07. The SMILES string of the molecule is CCN(C(=O)c1ccc(O)cc1)c1ccccc1[C@@H]1CCc2c[c]ccc2C1. The van der Waals surface area contributed by atoms with E-state index in [4.69, 9.17) is 0 Å². The first-order valence-corrected chi connectivity index (χ1v) is 9.85. The molecule has 1 atom stereocenters. The molecular weight excluding hydrogens is 346 g/mol. The number of carbonyl (C=O) groups excluding carboxylic acids is 1. The van der Waals surface area contributed by atoms with Crippen LogP contribution in [0.4, 0.5) is 5.69 Å².